The fourth-order valence-electron chi connectivity index (χ4n) is 1.26. The van der Waals surface area contributed by atoms with Gasteiger partial charge < -0.3 is 5.73 Å². The van der Waals surface area contributed by atoms with Crippen LogP contribution in [-0.4, -0.2) is 27.0 Å². The van der Waals surface area contributed by atoms with E-state index < -0.39 is 20.0 Å². The molecule has 0 atom stereocenters. The molecule has 0 fully saturated rings. The Morgan fingerprint density at radius 3 is 2.40 bits per heavy atom. The minimum absolute atomic E-state index is 0.00339. The third kappa shape index (κ3) is 3.22. The molecule has 20 heavy (non-hydrogen) atoms. The van der Waals surface area contributed by atoms with Crippen LogP contribution in [0.5, 0.6) is 0 Å². The van der Waals surface area contributed by atoms with Gasteiger partial charge in [0.15, 0.2) is 0 Å². The lowest BCUT2D eigenvalue weighted by Crippen LogP contribution is -2.15. The van der Waals surface area contributed by atoms with E-state index in [4.69, 9.17) is 10.9 Å². The summed E-state index contributed by atoms with van der Waals surface area (Å²) in [6.07, 6.45) is 0. The predicted octanol–water partition coefficient (Wildman–Crippen LogP) is -0.432. The van der Waals surface area contributed by atoms with E-state index in [1.54, 1.807) is 0 Å². The first-order valence-electron chi connectivity index (χ1n) is 4.93. The number of nitrogens with zero attached hydrogens (tertiary/aromatic N) is 2. The number of rotatable bonds is 4. The Morgan fingerprint density at radius 2 is 1.85 bits per heavy atom. The highest BCUT2D eigenvalue weighted by molar-refractivity contribution is 7.94. The number of benzene rings is 1. The van der Waals surface area contributed by atoms with Crippen LogP contribution in [-0.2, 0) is 20.0 Å². The van der Waals surface area contributed by atoms with Crippen LogP contribution in [0.3, 0.4) is 0 Å². The van der Waals surface area contributed by atoms with Crippen molar-refractivity contribution in [3.8, 4) is 0 Å². The highest BCUT2D eigenvalue weighted by atomic mass is 32.2. The summed E-state index contributed by atoms with van der Waals surface area (Å²) in [5.41, 5.74) is 5.34. The van der Waals surface area contributed by atoms with Gasteiger partial charge in [0.05, 0.1) is 10.6 Å². The highest BCUT2D eigenvalue weighted by Crippen LogP contribution is 2.21. The molecule has 2 aromatic rings. The zero-order valence-electron chi connectivity index (χ0n) is 9.72. The highest BCUT2D eigenvalue weighted by Gasteiger charge is 2.20. The van der Waals surface area contributed by atoms with E-state index in [0.29, 0.717) is 11.3 Å². The molecule has 12 heteroatoms. The maximum Gasteiger partial charge on any atom is 0.291 e. The molecule has 0 radical (unpaired) electrons. The van der Waals surface area contributed by atoms with Gasteiger partial charge in [-0.3, -0.25) is 4.72 Å². The SMILES string of the molecule is Nc1nnc(S(=O)(=O)Nc2cccc(S(N)(=O)=O)c2)s1. The molecule has 1 aromatic carbocycles. The fourth-order valence-corrected chi connectivity index (χ4v) is 3.66. The molecule has 0 saturated heterocycles. The van der Waals surface area contributed by atoms with Gasteiger partial charge in [0.2, 0.25) is 15.2 Å². The summed E-state index contributed by atoms with van der Waals surface area (Å²) >= 11 is 0.686. The number of aromatic nitrogens is 2. The third-order valence-electron chi connectivity index (χ3n) is 2.07. The second kappa shape index (κ2) is 4.97. The summed E-state index contributed by atoms with van der Waals surface area (Å²) < 4.78 is 48.1. The lowest BCUT2D eigenvalue weighted by Gasteiger charge is -2.06. The van der Waals surface area contributed by atoms with Gasteiger partial charge in [-0.05, 0) is 18.2 Å². The minimum Gasteiger partial charge on any atom is -0.374 e. The second-order valence-electron chi connectivity index (χ2n) is 3.58. The molecule has 0 spiro atoms. The Hall–Kier alpha value is -1.76. The van der Waals surface area contributed by atoms with Crippen molar-refractivity contribution in [2.24, 2.45) is 5.14 Å². The standard InChI is InChI=1S/C8H9N5O4S3/c9-7-11-12-8(18-7)20(16,17)13-5-2-1-3-6(4-5)19(10,14)15/h1-4,13H,(H2,9,11)(H2,10,14,15). The van der Waals surface area contributed by atoms with E-state index in [9.17, 15) is 16.8 Å². The Morgan fingerprint density at radius 1 is 1.15 bits per heavy atom. The van der Waals surface area contributed by atoms with Crippen molar-refractivity contribution in [2.45, 2.75) is 9.24 Å². The lowest BCUT2D eigenvalue weighted by atomic mass is 10.3. The Kier molecular flexibility index (Phi) is 3.64. The average Bonchev–Trinajstić information content (AvgIpc) is 2.75. The van der Waals surface area contributed by atoms with E-state index in [-0.39, 0.29) is 20.1 Å². The average molecular weight is 335 g/mol. The maximum atomic E-state index is 11.9. The molecule has 0 amide bonds. The molecular weight excluding hydrogens is 326 g/mol. The summed E-state index contributed by atoms with van der Waals surface area (Å²) in [5, 5.41) is 11.8. The third-order valence-corrected chi connectivity index (χ3v) is 5.48. The monoisotopic (exact) mass is 335 g/mol. The summed E-state index contributed by atoms with van der Waals surface area (Å²) in [6, 6.07) is 5.07. The van der Waals surface area contributed by atoms with Crippen LogP contribution in [0.2, 0.25) is 0 Å². The van der Waals surface area contributed by atoms with Crippen molar-refractivity contribution in [3.05, 3.63) is 24.3 Å². The molecule has 1 heterocycles. The largest absolute Gasteiger partial charge is 0.374 e. The quantitative estimate of drug-likeness (QED) is 0.683. The molecular formula is C8H9N5O4S3. The minimum atomic E-state index is -3.98. The number of hydrogen-bond acceptors (Lipinski definition) is 8. The first-order chi connectivity index (χ1) is 9.18. The van der Waals surface area contributed by atoms with Gasteiger partial charge in [-0.15, -0.1) is 10.2 Å². The summed E-state index contributed by atoms with van der Waals surface area (Å²) in [5.74, 6) is 0. The zero-order valence-corrected chi connectivity index (χ0v) is 12.2. The van der Waals surface area contributed by atoms with Crippen molar-refractivity contribution >= 4 is 42.2 Å². The van der Waals surface area contributed by atoms with Gasteiger partial charge in [-0.2, -0.15) is 8.42 Å². The zero-order chi connectivity index (χ0) is 15.0. The molecule has 0 aliphatic rings. The predicted molar refractivity (Wildman–Crippen MR) is 72.9 cm³/mol. The van der Waals surface area contributed by atoms with E-state index >= 15 is 0 Å². The van der Waals surface area contributed by atoms with Gasteiger partial charge in [-0.25, -0.2) is 13.6 Å². The van der Waals surface area contributed by atoms with E-state index in [1.807, 2.05) is 0 Å². The van der Waals surface area contributed by atoms with Crippen LogP contribution in [0.4, 0.5) is 10.8 Å². The summed E-state index contributed by atoms with van der Waals surface area (Å²) in [7, 11) is -7.90. The Bertz CT molecular complexity index is 843. The molecule has 2 rings (SSSR count). The van der Waals surface area contributed by atoms with E-state index in [0.717, 1.165) is 6.07 Å². The van der Waals surface area contributed by atoms with Gasteiger partial charge >= 0.3 is 0 Å². The van der Waals surface area contributed by atoms with Crippen molar-refractivity contribution in [2.75, 3.05) is 10.5 Å². The molecule has 5 N–H and O–H groups in total. The number of primary sulfonamides is 1. The number of nitrogens with one attached hydrogen (secondary N) is 1. The van der Waals surface area contributed by atoms with Crippen LogP contribution in [0, 0.1) is 0 Å². The summed E-state index contributed by atoms with van der Waals surface area (Å²) in [4.78, 5) is -0.213. The van der Waals surface area contributed by atoms with Crippen molar-refractivity contribution in [3.63, 3.8) is 0 Å². The topological polar surface area (TPSA) is 158 Å². The molecule has 0 saturated carbocycles. The van der Waals surface area contributed by atoms with Gasteiger partial charge in [0, 0.05) is 0 Å². The van der Waals surface area contributed by atoms with Gasteiger partial charge in [0.25, 0.3) is 14.4 Å². The van der Waals surface area contributed by atoms with E-state index in [2.05, 4.69) is 14.9 Å². The number of sulfonamides is 2. The summed E-state index contributed by atoms with van der Waals surface area (Å²) in [6.45, 7) is 0. The van der Waals surface area contributed by atoms with Crippen molar-refractivity contribution in [1.29, 1.82) is 0 Å². The van der Waals surface area contributed by atoms with Crippen LogP contribution >= 0.6 is 11.3 Å². The Balaban J connectivity index is 2.35. The van der Waals surface area contributed by atoms with Crippen molar-refractivity contribution in [1.82, 2.24) is 10.2 Å². The molecule has 0 bridgehead atoms. The number of anilines is 2. The fraction of sp³-hybridized carbons (Fsp3) is 0. The lowest BCUT2D eigenvalue weighted by molar-refractivity contribution is 0.596. The number of hydrogen-bond donors (Lipinski definition) is 3. The van der Waals surface area contributed by atoms with Gasteiger partial charge in [0.1, 0.15) is 0 Å². The van der Waals surface area contributed by atoms with E-state index in [1.165, 1.54) is 18.2 Å². The van der Waals surface area contributed by atoms with Crippen LogP contribution in [0.25, 0.3) is 0 Å². The van der Waals surface area contributed by atoms with Crippen LogP contribution in [0.15, 0.2) is 33.5 Å². The maximum absolute atomic E-state index is 11.9. The molecule has 9 nitrogen and oxygen atoms in total. The normalized spacial score (nSPS) is 12.2. The number of nitrogen functional groups attached to an aromatic ring is 1. The van der Waals surface area contributed by atoms with Gasteiger partial charge in [-0.1, -0.05) is 17.4 Å². The molecule has 0 unspecified atom stereocenters. The number of nitrogens with two attached hydrogens (primary N) is 2. The molecule has 108 valence electrons. The van der Waals surface area contributed by atoms with Crippen LogP contribution < -0.4 is 15.6 Å². The second-order valence-corrected chi connectivity index (χ2v) is 8.01. The molecule has 1 aromatic heterocycles. The molecule has 0 aliphatic heterocycles. The molecule has 0 aliphatic carbocycles. The first-order valence-corrected chi connectivity index (χ1v) is 8.78. The Labute approximate surface area is 118 Å². The first kappa shape index (κ1) is 14.6. The smallest absolute Gasteiger partial charge is 0.291 e. The van der Waals surface area contributed by atoms with Crippen molar-refractivity contribution < 1.29 is 16.8 Å². The van der Waals surface area contributed by atoms with Crippen LogP contribution in [0.1, 0.15) is 0 Å².